The number of urea groups is 1. The lowest BCUT2D eigenvalue weighted by molar-refractivity contribution is 0.191. The Morgan fingerprint density at radius 3 is 2.64 bits per heavy atom. The smallest absolute Gasteiger partial charge is 0.317 e. The molecule has 1 N–H and O–H groups in total. The largest absolute Gasteiger partial charge is 0.338 e. The molecule has 1 heterocycles. The number of halogens is 1. The number of benzene rings is 1. The van der Waals surface area contributed by atoms with Gasteiger partial charge in [-0.2, -0.15) is 5.10 Å². The third kappa shape index (κ3) is 4.81. The highest BCUT2D eigenvalue weighted by Gasteiger charge is 2.32. The van der Waals surface area contributed by atoms with Gasteiger partial charge in [0.2, 0.25) is 0 Å². The summed E-state index contributed by atoms with van der Waals surface area (Å²) in [7, 11) is 0. The van der Waals surface area contributed by atoms with Gasteiger partial charge in [0.1, 0.15) is 5.82 Å². The number of aryl methyl sites for hydroxylation is 3. The van der Waals surface area contributed by atoms with E-state index in [1.807, 2.05) is 23.4 Å². The Hall–Kier alpha value is -2.37. The molecule has 1 aliphatic rings. The van der Waals surface area contributed by atoms with Gasteiger partial charge in [0, 0.05) is 31.4 Å². The van der Waals surface area contributed by atoms with Crippen LogP contribution in [0.1, 0.15) is 36.2 Å². The lowest BCUT2D eigenvalue weighted by Crippen LogP contribution is -2.41. The first kappa shape index (κ1) is 17.5. The van der Waals surface area contributed by atoms with Gasteiger partial charge in [-0.05, 0) is 56.9 Å². The summed E-state index contributed by atoms with van der Waals surface area (Å²) in [6.07, 6.45) is 2.92. The first-order valence-electron chi connectivity index (χ1n) is 8.83. The summed E-state index contributed by atoms with van der Waals surface area (Å²) in [6, 6.07) is 8.67. The molecule has 1 aliphatic carbocycles. The zero-order valence-corrected chi connectivity index (χ0v) is 14.8. The molecule has 3 rings (SSSR count). The van der Waals surface area contributed by atoms with Gasteiger partial charge < -0.3 is 10.2 Å². The number of aromatic nitrogens is 2. The Labute approximate surface area is 147 Å². The summed E-state index contributed by atoms with van der Waals surface area (Å²) in [5.74, 6) is -0.254. The van der Waals surface area contributed by atoms with Crippen molar-refractivity contribution in [1.29, 1.82) is 0 Å². The van der Waals surface area contributed by atoms with E-state index in [9.17, 15) is 9.18 Å². The Kier molecular flexibility index (Phi) is 5.36. The maximum atomic E-state index is 13.0. The van der Waals surface area contributed by atoms with Crippen molar-refractivity contribution in [2.24, 2.45) is 0 Å². The first-order valence-corrected chi connectivity index (χ1v) is 8.83. The molecule has 1 aromatic heterocycles. The highest BCUT2D eigenvalue weighted by Crippen LogP contribution is 2.28. The average Bonchev–Trinajstić information content (AvgIpc) is 3.36. The van der Waals surface area contributed by atoms with Crippen molar-refractivity contribution in [1.82, 2.24) is 20.0 Å². The molecule has 2 amide bonds. The van der Waals surface area contributed by atoms with E-state index in [2.05, 4.69) is 16.5 Å². The van der Waals surface area contributed by atoms with E-state index >= 15 is 0 Å². The molecule has 2 aromatic rings. The molecule has 0 atom stereocenters. The fourth-order valence-corrected chi connectivity index (χ4v) is 2.97. The quantitative estimate of drug-likeness (QED) is 0.783. The van der Waals surface area contributed by atoms with Crippen molar-refractivity contribution in [3.05, 3.63) is 53.1 Å². The predicted molar refractivity (Wildman–Crippen MR) is 94.7 cm³/mol. The number of carbonyl (C=O) groups is 1. The van der Waals surface area contributed by atoms with Crippen LogP contribution < -0.4 is 5.32 Å². The van der Waals surface area contributed by atoms with E-state index in [0.717, 1.165) is 42.8 Å². The Bertz CT molecular complexity index is 722. The van der Waals surface area contributed by atoms with Crippen LogP contribution in [0, 0.1) is 19.7 Å². The standard InChI is InChI=1S/C19H25FN4O/c1-14-12-15(2)24(22-14)11-3-10-21-19(25)23(18-8-9-18)13-16-4-6-17(20)7-5-16/h4-7,12,18H,3,8-11,13H2,1-2H3,(H,21,25). The van der Waals surface area contributed by atoms with E-state index in [1.54, 1.807) is 12.1 Å². The third-order valence-electron chi connectivity index (χ3n) is 4.44. The molecule has 0 unspecified atom stereocenters. The molecule has 6 heteroatoms. The molecule has 25 heavy (non-hydrogen) atoms. The van der Waals surface area contributed by atoms with Gasteiger partial charge >= 0.3 is 6.03 Å². The van der Waals surface area contributed by atoms with E-state index in [1.165, 1.54) is 12.1 Å². The molecule has 1 aromatic carbocycles. The van der Waals surface area contributed by atoms with Crippen molar-refractivity contribution in [2.75, 3.05) is 6.54 Å². The molecule has 0 spiro atoms. The van der Waals surface area contributed by atoms with Crippen LogP contribution in [0.5, 0.6) is 0 Å². The van der Waals surface area contributed by atoms with Crippen LogP contribution in [-0.2, 0) is 13.1 Å². The molecule has 0 aliphatic heterocycles. The zero-order chi connectivity index (χ0) is 17.8. The third-order valence-corrected chi connectivity index (χ3v) is 4.44. The van der Waals surface area contributed by atoms with Crippen molar-refractivity contribution in [3.63, 3.8) is 0 Å². The Balaban J connectivity index is 1.48. The van der Waals surface area contributed by atoms with Gasteiger partial charge in [0.25, 0.3) is 0 Å². The topological polar surface area (TPSA) is 50.2 Å². The van der Waals surface area contributed by atoms with Crippen LogP contribution in [0.3, 0.4) is 0 Å². The molecular formula is C19H25FN4O. The minimum atomic E-state index is -0.254. The molecule has 5 nitrogen and oxygen atoms in total. The highest BCUT2D eigenvalue weighted by atomic mass is 19.1. The molecular weight excluding hydrogens is 319 g/mol. The lowest BCUT2D eigenvalue weighted by atomic mass is 10.2. The maximum Gasteiger partial charge on any atom is 0.317 e. The van der Waals surface area contributed by atoms with Gasteiger partial charge in [0.15, 0.2) is 0 Å². The van der Waals surface area contributed by atoms with Gasteiger partial charge in [-0.25, -0.2) is 9.18 Å². The average molecular weight is 344 g/mol. The van der Waals surface area contributed by atoms with E-state index in [4.69, 9.17) is 0 Å². The highest BCUT2D eigenvalue weighted by molar-refractivity contribution is 5.74. The van der Waals surface area contributed by atoms with Crippen LogP contribution in [0.25, 0.3) is 0 Å². The maximum absolute atomic E-state index is 13.0. The molecule has 1 fully saturated rings. The fraction of sp³-hybridized carbons (Fsp3) is 0.474. The second-order valence-electron chi connectivity index (χ2n) is 6.72. The molecule has 0 saturated heterocycles. The summed E-state index contributed by atoms with van der Waals surface area (Å²) in [5, 5.41) is 7.43. The number of nitrogens with one attached hydrogen (secondary N) is 1. The summed E-state index contributed by atoms with van der Waals surface area (Å²) < 4.78 is 15.0. The van der Waals surface area contributed by atoms with Crippen molar-refractivity contribution < 1.29 is 9.18 Å². The van der Waals surface area contributed by atoms with Crippen LogP contribution in [0.15, 0.2) is 30.3 Å². The molecule has 0 bridgehead atoms. The molecule has 1 saturated carbocycles. The van der Waals surface area contributed by atoms with Crippen molar-refractivity contribution >= 4 is 6.03 Å². The van der Waals surface area contributed by atoms with E-state index in [0.29, 0.717) is 19.1 Å². The lowest BCUT2D eigenvalue weighted by Gasteiger charge is -2.23. The van der Waals surface area contributed by atoms with E-state index < -0.39 is 0 Å². The normalized spacial score (nSPS) is 13.7. The van der Waals surface area contributed by atoms with Crippen molar-refractivity contribution in [3.8, 4) is 0 Å². The van der Waals surface area contributed by atoms with Crippen molar-refractivity contribution in [2.45, 2.75) is 52.2 Å². The second-order valence-corrected chi connectivity index (χ2v) is 6.72. The summed E-state index contributed by atoms with van der Waals surface area (Å²) in [5.41, 5.74) is 3.10. The van der Waals surface area contributed by atoms with Gasteiger partial charge in [0.05, 0.1) is 5.69 Å². The Morgan fingerprint density at radius 1 is 1.32 bits per heavy atom. The zero-order valence-electron chi connectivity index (χ0n) is 14.8. The molecule has 0 radical (unpaired) electrons. The minimum Gasteiger partial charge on any atom is -0.338 e. The summed E-state index contributed by atoms with van der Waals surface area (Å²) in [4.78, 5) is 14.4. The number of amides is 2. The number of rotatable bonds is 7. The van der Waals surface area contributed by atoms with Crippen LogP contribution >= 0.6 is 0 Å². The number of hydrogen-bond acceptors (Lipinski definition) is 2. The van der Waals surface area contributed by atoms with Crippen LogP contribution in [-0.4, -0.2) is 33.3 Å². The Morgan fingerprint density at radius 2 is 2.04 bits per heavy atom. The summed E-state index contributed by atoms with van der Waals surface area (Å²) in [6.45, 7) is 5.95. The second kappa shape index (κ2) is 7.68. The number of hydrogen-bond donors (Lipinski definition) is 1. The predicted octanol–water partition coefficient (Wildman–Crippen LogP) is 3.40. The minimum absolute atomic E-state index is 0.0415. The van der Waals surface area contributed by atoms with Gasteiger partial charge in [-0.3, -0.25) is 4.68 Å². The molecule has 134 valence electrons. The fourth-order valence-electron chi connectivity index (χ4n) is 2.97. The first-order chi connectivity index (χ1) is 12.0. The van der Waals surface area contributed by atoms with Gasteiger partial charge in [-0.1, -0.05) is 12.1 Å². The van der Waals surface area contributed by atoms with Crippen LogP contribution in [0.2, 0.25) is 0 Å². The summed E-state index contributed by atoms with van der Waals surface area (Å²) >= 11 is 0. The SMILES string of the molecule is Cc1cc(C)n(CCCNC(=O)N(Cc2ccc(F)cc2)C2CC2)n1. The van der Waals surface area contributed by atoms with Crippen LogP contribution in [0.4, 0.5) is 9.18 Å². The monoisotopic (exact) mass is 344 g/mol. The number of nitrogens with zero attached hydrogens (tertiary/aromatic N) is 3. The number of carbonyl (C=O) groups excluding carboxylic acids is 1. The van der Waals surface area contributed by atoms with E-state index in [-0.39, 0.29) is 11.8 Å². The van der Waals surface area contributed by atoms with Gasteiger partial charge in [-0.15, -0.1) is 0 Å².